The molecule has 0 unspecified atom stereocenters. The van der Waals surface area contributed by atoms with Crippen LogP contribution < -0.4 is 10.6 Å². The van der Waals surface area contributed by atoms with Crippen LogP contribution >= 0.6 is 0 Å². The fraction of sp³-hybridized carbons (Fsp3) is 0.611. The molecule has 0 aromatic heterocycles. The molecule has 1 aromatic rings. The van der Waals surface area contributed by atoms with Crippen molar-refractivity contribution in [2.75, 3.05) is 32.7 Å². The van der Waals surface area contributed by atoms with Crippen LogP contribution in [0.25, 0.3) is 0 Å². The van der Waals surface area contributed by atoms with Crippen molar-refractivity contribution in [2.24, 2.45) is 5.92 Å². The van der Waals surface area contributed by atoms with Crippen LogP contribution in [0.5, 0.6) is 0 Å². The molecule has 25 heavy (non-hydrogen) atoms. The van der Waals surface area contributed by atoms with Gasteiger partial charge >= 0.3 is 0 Å². The Balaban J connectivity index is 1.82. The molecule has 0 saturated carbocycles. The number of benzene rings is 1. The van der Waals surface area contributed by atoms with Gasteiger partial charge in [0.1, 0.15) is 0 Å². The number of piperidine rings is 1. The second-order valence-corrected chi connectivity index (χ2v) is 8.47. The van der Waals surface area contributed by atoms with E-state index >= 15 is 0 Å². The molecule has 0 atom stereocenters. The minimum absolute atomic E-state index is 0.0330. The summed E-state index contributed by atoms with van der Waals surface area (Å²) in [7, 11) is -3.46. The first-order chi connectivity index (χ1) is 11.9. The molecule has 140 valence electrons. The fourth-order valence-electron chi connectivity index (χ4n) is 2.94. The SMILES string of the molecule is CCCNCCNC(=O)C1CCN(S(=O)(=O)c2ccc(C)cc2)CC1. The number of hydrogen-bond donors (Lipinski definition) is 2. The number of carbonyl (C=O) groups excluding carboxylic acids is 1. The first kappa shape index (κ1) is 19.9. The molecule has 0 aliphatic carbocycles. The zero-order chi connectivity index (χ0) is 18.3. The van der Waals surface area contributed by atoms with E-state index in [0.717, 1.165) is 25.1 Å². The van der Waals surface area contributed by atoms with Gasteiger partial charge in [-0.3, -0.25) is 4.79 Å². The number of hydrogen-bond acceptors (Lipinski definition) is 4. The molecule has 7 heteroatoms. The molecule has 1 aliphatic heterocycles. The summed E-state index contributed by atoms with van der Waals surface area (Å²) in [6.07, 6.45) is 2.21. The summed E-state index contributed by atoms with van der Waals surface area (Å²) in [5.41, 5.74) is 1.03. The highest BCUT2D eigenvalue weighted by molar-refractivity contribution is 7.89. The molecule has 1 heterocycles. The van der Waals surface area contributed by atoms with E-state index in [1.807, 2.05) is 6.92 Å². The zero-order valence-electron chi connectivity index (χ0n) is 15.1. The second kappa shape index (κ2) is 9.31. The molecule has 2 N–H and O–H groups in total. The number of nitrogens with one attached hydrogen (secondary N) is 2. The van der Waals surface area contributed by atoms with Gasteiger partial charge in [-0.2, -0.15) is 4.31 Å². The summed E-state index contributed by atoms with van der Waals surface area (Å²) in [6, 6.07) is 6.90. The van der Waals surface area contributed by atoms with Crippen LogP contribution in [0, 0.1) is 12.8 Å². The molecule has 1 amide bonds. The maximum atomic E-state index is 12.7. The molecule has 2 rings (SSSR count). The van der Waals surface area contributed by atoms with Gasteiger partial charge in [-0.15, -0.1) is 0 Å². The number of carbonyl (C=O) groups is 1. The molecule has 1 aromatic carbocycles. The number of nitrogens with zero attached hydrogens (tertiary/aromatic N) is 1. The Hall–Kier alpha value is -1.44. The summed E-state index contributed by atoms with van der Waals surface area (Å²) in [6.45, 7) is 7.14. The van der Waals surface area contributed by atoms with E-state index in [1.54, 1.807) is 24.3 Å². The van der Waals surface area contributed by atoms with Gasteiger partial charge in [-0.25, -0.2) is 8.42 Å². The molecule has 1 aliphatic rings. The standard InChI is InChI=1S/C18H29N3O3S/c1-3-10-19-11-12-20-18(22)16-8-13-21(14-9-16)25(23,24)17-6-4-15(2)5-7-17/h4-7,16,19H,3,8-14H2,1-2H3,(H,20,22). The van der Waals surface area contributed by atoms with Gasteiger partial charge in [0.05, 0.1) is 4.90 Å². The second-order valence-electron chi connectivity index (χ2n) is 6.53. The third-order valence-corrected chi connectivity index (χ3v) is 6.42. The van der Waals surface area contributed by atoms with Gasteiger partial charge in [0.15, 0.2) is 0 Å². The summed E-state index contributed by atoms with van der Waals surface area (Å²) >= 11 is 0. The summed E-state index contributed by atoms with van der Waals surface area (Å²) in [5, 5.41) is 6.17. The average Bonchev–Trinajstić information content (AvgIpc) is 2.62. The van der Waals surface area contributed by atoms with Crippen molar-refractivity contribution in [1.29, 1.82) is 0 Å². The highest BCUT2D eigenvalue weighted by Crippen LogP contribution is 2.24. The minimum Gasteiger partial charge on any atom is -0.355 e. The maximum Gasteiger partial charge on any atom is 0.243 e. The van der Waals surface area contributed by atoms with Gasteiger partial charge in [0.25, 0.3) is 0 Å². The summed E-state index contributed by atoms with van der Waals surface area (Å²) in [5.74, 6) is -0.0682. The highest BCUT2D eigenvalue weighted by Gasteiger charge is 2.31. The van der Waals surface area contributed by atoms with E-state index < -0.39 is 10.0 Å². The van der Waals surface area contributed by atoms with E-state index in [2.05, 4.69) is 17.6 Å². The Morgan fingerprint density at radius 2 is 1.76 bits per heavy atom. The van der Waals surface area contributed by atoms with Crippen LogP contribution in [0.4, 0.5) is 0 Å². The van der Waals surface area contributed by atoms with E-state index in [-0.39, 0.29) is 11.8 Å². The van der Waals surface area contributed by atoms with E-state index in [4.69, 9.17) is 0 Å². The first-order valence-corrected chi connectivity index (χ1v) is 10.4. The summed E-state index contributed by atoms with van der Waals surface area (Å²) in [4.78, 5) is 12.5. The van der Waals surface area contributed by atoms with Crippen molar-refractivity contribution in [3.63, 3.8) is 0 Å². The molecule has 1 fully saturated rings. The van der Waals surface area contributed by atoms with Crippen molar-refractivity contribution in [2.45, 2.75) is 38.0 Å². The predicted octanol–water partition coefficient (Wildman–Crippen LogP) is 1.51. The van der Waals surface area contributed by atoms with Crippen molar-refractivity contribution in [3.8, 4) is 0 Å². The third kappa shape index (κ3) is 5.52. The number of rotatable bonds is 8. The molecule has 0 radical (unpaired) electrons. The minimum atomic E-state index is -3.46. The highest BCUT2D eigenvalue weighted by atomic mass is 32.2. The Kier molecular flexibility index (Phi) is 7.40. The van der Waals surface area contributed by atoms with E-state index in [0.29, 0.717) is 37.4 Å². The van der Waals surface area contributed by atoms with Gasteiger partial charge in [0, 0.05) is 32.1 Å². The van der Waals surface area contributed by atoms with Gasteiger partial charge in [0.2, 0.25) is 15.9 Å². The lowest BCUT2D eigenvalue weighted by atomic mass is 9.97. The van der Waals surface area contributed by atoms with Gasteiger partial charge < -0.3 is 10.6 Å². The molecule has 1 saturated heterocycles. The molecule has 0 bridgehead atoms. The summed E-state index contributed by atoms with van der Waals surface area (Å²) < 4.78 is 26.8. The lowest BCUT2D eigenvalue weighted by Gasteiger charge is -2.30. The Morgan fingerprint density at radius 1 is 1.12 bits per heavy atom. The van der Waals surface area contributed by atoms with Crippen molar-refractivity contribution < 1.29 is 13.2 Å². The van der Waals surface area contributed by atoms with Crippen LogP contribution in [0.1, 0.15) is 31.7 Å². The Bertz CT molecular complexity index is 651. The smallest absolute Gasteiger partial charge is 0.243 e. The fourth-order valence-corrected chi connectivity index (χ4v) is 4.41. The molecular weight excluding hydrogens is 338 g/mol. The first-order valence-electron chi connectivity index (χ1n) is 9.00. The van der Waals surface area contributed by atoms with Gasteiger partial charge in [-0.1, -0.05) is 24.6 Å². The third-order valence-electron chi connectivity index (χ3n) is 4.51. The molecular formula is C18H29N3O3S. The zero-order valence-corrected chi connectivity index (χ0v) is 15.9. The Morgan fingerprint density at radius 3 is 2.36 bits per heavy atom. The van der Waals surface area contributed by atoms with Crippen molar-refractivity contribution >= 4 is 15.9 Å². The predicted molar refractivity (Wildman–Crippen MR) is 98.8 cm³/mol. The van der Waals surface area contributed by atoms with Crippen LogP contribution in [0.3, 0.4) is 0 Å². The number of sulfonamides is 1. The van der Waals surface area contributed by atoms with Crippen molar-refractivity contribution in [3.05, 3.63) is 29.8 Å². The van der Waals surface area contributed by atoms with Crippen LogP contribution in [-0.4, -0.2) is 51.4 Å². The maximum absolute atomic E-state index is 12.7. The van der Waals surface area contributed by atoms with Gasteiger partial charge in [-0.05, 0) is 44.9 Å². The number of aryl methyl sites for hydroxylation is 1. The van der Waals surface area contributed by atoms with Crippen LogP contribution in [-0.2, 0) is 14.8 Å². The largest absolute Gasteiger partial charge is 0.355 e. The van der Waals surface area contributed by atoms with E-state index in [9.17, 15) is 13.2 Å². The average molecular weight is 368 g/mol. The van der Waals surface area contributed by atoms with Crippen LogP contribution in [0.15, 0.2) is 29.2 Å². The molecule has 6 nitrogen and oxygen atoms in total. The monoisotopic (exact) mass is 367 g/mol. The molecule has 0 spiro atoms. The van der Waals surface area contributed by atoms with Crippen molar-refractivity contribution in [1.82, 2.24) is 14.9 Å². The van der Waals surface area contributed by atoms with E-state index in [1.165, 1.54) is 4.31 Å². The lowest BCUT2D eigenvalue weighted by molar-refractivity contribution is -0.126. The quantitative estimate of drug-likeness (QED) is 0.683. The topological polar surface area (TPSA) is 78.5 Å². The normalized spacial score (nSPS) is 16.7. The Labute approximate surface area is 151 Å². The lowest BCUT2D eigenvalue weighted by Crippen LogP contribution is -2.44. The number of amides is 1. The van der Waals surface area contributed by atoms with Crippen LogP contribution in [0.2, 0.25) is 0 Å².